The lowest BCUT2D eigenvalue weighted by Gasteiger charge is -2.21. The quantitative estimate of drug-likeness (QED) is 0.655. The highest BCUT2D eigenvalue weighted by molar-refractivity contribution is 7.98. The number of aromatic hydroxyl groups is 1. The summed E-state index contributed by atoms with van der Waals surface area (Å²) in [6.07, 6.45) is 6.98. The van der Waals surface area contributed by atoms with E-state index in [0.717, 1.165) is 42.0 Å². The lowest BCUT2D eigenvalue weighted by Crippen LogP contribution is -2.10. The van der Waals surface area contributed by atoms with Gasteiger partial charge in [-0.2, -0.15) is 0 Å². The van der Waals surface area contributed by atoms with Gasteiger partial charge in [-0.25, -0.2) is 4.98 Å². The van der Waals surface area contributed by atoms with E-state index >= 15 is 0 Å². The Hall–Kier alpha value is -1.59. The number of hydrogen-bond donors (Lipinski definition) is 2. The van der Waals surface area contributed by atoms with Gasteiger partial charge in [-0.1, -0.05) is 23.4 Å². The Morgan fingerprint density at radius 3 is 2.82 bits per heavy atom. The van der Waals surface area contributed by atoms with Gasteiger partial charge < -0.3 is 10.5 Å². The number of fused-ring (bicyclic) bond motifs is 1. The smallest absolute Gasteiger partial charge is 0.221 e. The largest absolute Gasteiger partial charge is 0.493 e. The zero-order chi connectivity index (χ0) is 15.5. The normalized spacial score (nSPS) is 13.7. The van der Waals surface area contributed by atoms with Gasteiger partial charge in [0.15, 0.2) is 0 Å². The Morgan fingerprint density at radius 1 is 1.32 bits per heavy atom. The minimum atomic E-state index is -0.0507. The van der Waals surface area contributed by atoms with Crippen molar-refractivity contribution in [2.45, 2.75) is 36.5 Å². The van der Waals surface area contributed by atoms with Gasteiger partial charge in [0.25, 0.3) is 0 Å². The number of halogens is 1. The highest BCUT2D eigenvalue weighted by Crippen LogP contribution is 2.36. The average Bonchev–Trinajstić information content (AvgIpc) is 2.54. The van der Waals surface area contributed by atoms with Gasteiger partial charge in [0.1, 0.15) is 5.03 Å². The van der Waals surface area contributed by atoms with Crippen molar-refractivity contribution in [1.29, 1.82) is 5.41 Å². The number of rotatable bonds is 4. The lowest BCUT2D eigenvalue weighted by molar-refractivity contribution is 0.443. The molecule has 2 N–H and O–H groups in total. The fourth-order valence-electron chi connectivity index (χ4n) is 2.73. The average molecular weight is 334 g/mol. The fourth-order valence-corrected chi connectivity index (χ4v) is 4.05. The van der Waals surface area contributed by atoms with Crippen molar-refractivity contribution in [3.05, 3.63) is 45.7 Å². The summed E-state index contributed by atoms with van der Waals surface area (Å²) in [6.45, 7) is 0. The van der Waals surface area contributed by atoms with Crippen LogP contribution in [-0.2, 0) is 18.6 Å². The second-order valence-corrected chi connectivity index (χ2v) is 6.55. The number of hydrogen-bond acceptors (Lipinski definition) is 5. The minimum Gasteiger partial charge on any atom is -0.493 e. The molecule has 0 bridgehead atoms. The lowest BCUT2D eigenvalue weighted by atomic mass is 9.90. The van der Waals surface area contributed by atoms with Gasteiger partial charge in [0, 0.05) is 18.2 Å². The van der Waals surface area contributed by atoms with Crippen molar-refractivity contribution in [2.24, 2.45) is 0 Å². The molecule has 4 nitrogen and oxygen atoms in total. The Morgan fingerprint density at radius 2 is 2.09 bits per heavy atom. The van der Waals surface area contributed by atoms with E-state index in [1.807, 2.05) is 6.07 Å². The summed E-state index contributed by atoms with van der Waals surface area (Å²) in [4.78, 5) is 8.58. The fraction of sp³-hybridized carbons (Fsp3) is 0.312. The van der Waals surface area contributed by atoms with E-state index in [1.165, 1.54) is 11.8 Å². The van der Waals surface area contributed by atoms with Crippen LogP contribution in [0.25, 0.3) is 0 Å². The molecule has 0 fully saturated rings. The zero-order valence-electron chi connectivity index (χ0n) is 12.0. The monoisotopic (exact) mass is 333 g/mol. The predicted octanol–water partition coefficient (Wildman–Crippen LogP) is 4.00. The van der Waals surface area contributed by atoms with Gasteiger partial charge in [0.2, 0.25) is 5.88 Å². The number of nitrogens with zero attached hydrogens (tertiary/aromatic N) is 2. The van der Waals surface area contributed by atoms with Gasteiger partial charge >= 0.3 is 0 Å². The van der Waals surface area contributed by atoms with E-state index in [-0.39, 0.29) is 5.88 Å². The van der Waals surface area contributed by atoms with E-state index in [4.69, 9.17) is 17.0 Å². The first-order chi connectivity index (χ1) is 10.7. The van der Waals surface area contributed by atoms with Crippen molar-refractivity contribution < 1.29 is 5.11 Å². The molecule has 0 radical (unpaired) electrons. The molecule has 2 aromatic rings. The van der Waals surface area contributed by atoms with E-state index in [2.05, 4.69) is 9.97 Å². The Labute approximate surface area is 138 Å². The maximum Gasteiger partial charge on any atom is 0.221 e. The maximum atomic E-state index is 10.1. The Balaban J connectivity index is 1.92. The first kappa shape index (κ1) is 15.3. The van der Waals surface area contributed by atoms with E-state index in [1.54, 1.807) is 24.0 Å². The molecule has 2 heterocycles. The molecule has 22 heavy (non-hydrogen) atoms. The number of thioether (sulfide) groups is 1. The third kappa shape index (κ3) is 2.96. The summed E-state index contributed by atoms with van der Waals surface area (Å²) in [5, 5.41) is 19.1. The number of aromatic nitrogens is 2. The molecular weight excluding hydrogens is 318 g/mol. The van der Waals surface area contributed by atoms with Crippen LogP contribution in [0, 0.1) is 5.41 Å². The number of pyridine rings is 2. The van der Waals surface area contributed by atoms with E-state index in [9.17, 15) is 5.11 Å². The summed E-state index contributed by atoms with van der Waals surface area (Å²) >= 11 is 7.68. The Bertz CT molecular complexity index is 721. The molecular formula is C16H16ClN3OS. The molecule has 2 aromatic heterocycles. The molecule has 0 aliphatic heterocycles. The third-order valence-electron chi connectivity index (χ3n) is 3.82. The standard InChI is InChI=1S/C16H16ClN3OS/c17-13-6-3-7-19-14(13)9-22-16-11-5-2-1-4-10(11)12(8-18)15(21)20-16/h3,6-8,18H,1-2,4-5,9H2,(H,20,21). The van der Waals surface area contributed by atoms with Crippen LogP contribution in [0.3, 0.4) is 0 Å². The van der Waals surface area contributed by atoms with Crippen molar-refractivity contribution in [3.63, 3.8) is 0 Å². The molecule has 6 heteroatoms. The summed E-state index contributed by atoms with van der Waals surface area (Å²) in [5.74, 6) is 0.563. The van der Waals surface area contributed by atoms with Crippen LogP contribution >= 0.6 is 23.4 Å². The van der Waals surface area contributed by atoms with Crippen LogP contribution in [0.2, 0.25) is 5.02 Å². The molecule has 1 aliphatic rings. The van der Waals surface area contributed by atoms with Crippen LogP contribution in [0.15, 0.2) is 23.4 Å². The second kappa shape index (κ2) is 6.67. The zero-order valence-corrected chi connectivity index (χ0v) is 13.5. The summed E-state index contributed by atoms with van der Waals surface area (Å²) in [6, 6.07) is 3.63. The van der Waals surface area contributed by atoms with Crippen LogP contribution in [-0.4, -0.2) is 21.3 Å². The van der Waals surface area contributed by atoms with Crippen molar-refractivity contribution >= 4 is 29.6 Å². The Kier molecular flexibility index (Phi) is 4.64. The SMILES string of the molecule is N=Cc1c(O)nc(SCc2ncccc2Cl)c2c1CCCC2. The van der Waals surface area contributed by atoms with Crippen LogP contribution in [0.5, 0.6) is 5.88 Å². The summed E-state index contributed by atoms with van der Waals surface area (Å²) < 4.78 is 0. The first-order valence-corrected chi connectivity index (χ1v) is 8.54. The minimum absolute atomic E-state index is 0.0507. The van der Waals surface area contributed by atoms with Gasteiger partial charge in [-0.15, -0.1) is 0 Å². The molecule has 3 rings (SSSR count). The first-order valence-electron chi connectivity index (χ1n) is 7.18. The summed E-state index contributed by atoms with van der Waals surface area (Å²) in [5.41, 5.74) is 3.62. The molecule has 0 saturated carbocycles. The third-order valence-corrected chi connectivity index (χ3v) is 5.20. The molecule has 0 amide bonds. The molecule has 0 atom stereocenters. The highest BCUT2D eigenvalue weighted by atomic mass is 35.5. The van der Waals surface area contributed by atoms with Crippen molar-refractivity contribution in [3.8, 4) is 5.88 Å². The highest BCUT2D eigenvalue weighted by Gasteiger charge is 2.21. The maximum absolute atomic E-state index is 10.1. The van der Waals surface area contributed by atoms with Gasteiger partial charge in [-0.05, 0) is 48.9 Å². The molecule has 0 unspecified atom stereocenters. The van der Waals surface area contributed by atoms with Crippen molar-refractivity contribution in [2.75, 3.05) is 0 Å². The molecule has 0 spiro atoms. The van der Waals surface area contributed by atoms with Crippen LogP contribution in [0.1, 0.15) is 35.2 Å². The number of nitrogens with one attached hydrogen (secondary N) is 1. The molecule has 1 aliphatic carbocycles. The van der Waals surface area contributed by atoms with E-state index < -0.39 is 0 Å². The van der Waals surface area contributed by atoms with Gasteiger partial charge in [-0.3, -0.25) is 4.98 Å². The van der Waals surface area contributed by atoms with Crippen LogP contribution in [0.4, 0.5) is 0 Å². The van der Waals surface area contributed by atoms with E-state index in [0.29, 0.717) is 16.3 Å². The van der Waals surface area contributed by atoms with Crippen molar-refractivity contribution in [1.82, 2.24) is 9.97 Å². The second-order valence-electron chi connectivity index (χ2n) is 5.18. The molecule has 0 saturated heterocycles. The predicted molar refractivity (Wildman–Crippen MR) is 89.2 cm³/mol. The van der Waals surface area contributed by atoms with Gasteiger partial charge in [0.05, 0.1) is 16.3 Å². The molecule has 0 aromatic carbocycles. The summed E-state index contributed by atoms with van der Waals surface area (Å²) in [7, 11) is 0. The topological polar surface area (TPSA) is 69.9 Å². The van der Waals surface area contributed by atoms with Crippen LogP contribution < -0.4 is 0 Å². The molecule has 114 valence electrons.